The van der Waals surface area contributed by atoms with Crippen molar-refractivity contribution in [1.29, 1.82) is 0 Å². The zero-order chi connectivity index (χ0) is 19.5. The molecular formula is C16H24F3N5O2S. The van der Waals surface area contributed by atoms with Crippen LogP contribution in [0.1, 0.15) is 25.7 Å². The summed E-state index contributed by atoms with van der Waals surface area (Å²) in [6.45, 7) is 3.00. The highest BCUT2D eigenvalue weighted by molar-refractivity contribution is 7.89. The fourth-order valence-corrected chi connectivity index (χ4v) is 4.81. The van der Waals surface area contributed by atoms with E-state index in [2.05, 4.69) is 15.1 Å². The summed E-state index contributed by atoms with van der Waals surface area (Å²) < 4.78 is 62.1. The number of piperidine rings is 1. The molecule has 0 spiro atoms. The Morgan fingerprint density at radius 3 is 1.85 bits per heavy atom. The first-order valence-corrected chi connectivity index (χ1v) is 10.7. The lowest BCUT2D eigenvalue weighted by atomic mass is 10.1. The molecule has 1 aromatic heterocycles. The standard InChI is InChI=1S/C16H24F3N5O2S/c17-16(18,19)6-13-27(25,26)24-11-9-23(10-12-24)15-5-4-14(20-21-15)22-7-2-1-3-8-22/h4-5H,1-3,6-13H2. The fourth-order valence-electron chi connectivity index (χ4n) is 3.35. The number of aromatic nitrogens is 2. The van der Waals surface area contributed by atoms with Crippen molar-refractivity contribution in [1.82, 2.24) is 14.5 Å². The number of piperazine rings is 1. The van der Waals surface area contributed by atoms with E-state index in [9.17, 15) is 21.6 Å². The second kappa shape index (κ2) is 8.17. The van der Waals surface area contributed by atoms with E-state index in [0.29, 0.717) is 18.9 Å². The van der Waals surface area contributed by atoms with Gasteiger partial charge in [-0.05, 0) is 31.4 Å². The summed E-state index contributed by atoms with van der Waals surface area (Å²) in [6, 6.07) is 3.78. The number of hydrogen-bond donors (Lipinski definition) is 0. The second-order valence-corrected chi connectivity index (χ2v) is 8.95. The Morgan fingerprint density at radius 1 is 0.852 bits per heavy atom. The molecule has 0 aliphatic carbocycles. The molecule has 0 radical (unpaired) electrons. The topological polar surface area (TPSA) is 69.6 Å². The van der Waals surface area contributed by atoms with Gasteiger partial charge in [-0.3, -0.25) is 0 Å². The summed E-state index contributed by atoms with van der Waals surface area (Å²) in [5, 5.41) is 8.53. The molecule has 152 valence electrons. The molecule has 3 rings (SSSR count). The van der Waals surface area contributed by atoms with Crippen LogP contribution in [0.3, 0.4) is 0 Å². The normalized spacial score (nSPS) is 20.1. The predicted molar refractivity (Wildman–Crippen MR) is 96.3 cm³/mol. The molecule has 1 aromatic rings. The van der Waals surface area contributed by atoms with Crippen molar-refractivity contribution < 1.29 is 21.6 Å². The van der Waals surface area contributed by atoms with Crippen molar-refractivity contribution in [3.8, 4) is 0 Å². The van der Waals surface area contributed by atoms with Crippen LogP contribution >= 0.6 is 0 Å². The SMILES string of the molecule is O=S(=O)(CCC(F)(F)F)N1CCN(c2ccc(N3CCCCC3)nn2)CC1. The van der Waals surface area contributed by atoms with Crippen LogP contribution < -0.4 is 9.80 Å². The summed E-state index contributed by atoms with van der Waals surface area (Å²) in [6.07, 6.45) is -2.26. The van der Waals surface area contributed by atoms with Gasteiger partial charge in [0, 0.05) is 39.3 Å². The molecule has 2 aliphatic rings. The Morgan fingerprint density at radius 2 is 1.37 bits per heavy atom. The molecule has 2 saturated heterocycles. The minimum atomic E-state index is -4.47. The van der Waals surface area contributed by atoms with Crippen molar-refractivity contribution >= 4 is 21.7 Å². The molecule has 11 heteroatoms. The molecule has 0 saturated carbocycles. The Hall–Kier alpha value is -1.62. The Bertz CT molecular complexity index is 713. The lowest BCUT2D eigenvalue weighted by Gasteiger charge is -2.34. The highest BCUT2D eigenvalue weighted by Crippen LogP contribution is 2.23. The van der Waals surface area contributed by atoms with Crippen LogP contribution in [0, 0.1) is 0 Å². The summed E-state index contributed by atoms with van der Waals surface area (Å²) in [5.41, 5.74) is 0. The third-order valence-electron chi connectivity index (χ3n) is 4.92. The van der Waals surface area contributed by atoms with Crippen LogP contribution in [0.15, 0.2) is 12.1 Å². The van der Waals surface area contributed by atoms with Gasteiger partial charge in [-0.1, -0.05) is 0 Å². The van der Waals surface area contributed by atoms with E-state index in [1.54, 1.807) is 0 Å². The lowest BCUT2D eigenvalue weighted by molar-refractivity contribution is -0.130. The molecular weight excluding hydrogens is 383 g/mol. The number of anilines is 2. The van der Waals surface area contributed by atoms with Gasteiger partial charge >= 0.3 is 6.18 Å². The van der Waals surface area contributed by atoms with Gasteiger partial charge in [-0.2, -0.15) is 17.5 Å². The molecule has 7 nitrogen and oxygen atoms in total. The maximum Gasteiger partial charge on any atom is 0.390 e. The molecule has 2 aliphatic heterocycles. The summed E-state index contributed by atoms with van der Waals surface area (Å²) in [5.74, 6) is 0.593. The number of rotatable bonds is 5. The number of sulfonamides is 1. The molecule has 0 unspecified atom stereocenters. The number of alkyl halides is 3. The van der Waals surface area contributed by atoms with E-state index in [1.165, 1.54) is 6.42 Å². The van der Waals surface area contributed by atoms with E-state index >= 15 is 0 Å². The van der Waals surface area contributed by atoms with Crippen molar-refractivity contribution in [2.75, 3.05) is 54.8 Å². The number of nitrogens with zero attached hydrogens (tertiary/aromatic N) is 5. The number of halogens is 3. The molecule has 0 N–H and O–H groups in total. The van der Waals surface area contributed by atoms with Crippen LogP contribution in [0.4, 0.5) is 24.8 Å². The van der Waals surface area contributed by atoms with E-state index in [4.69, 9.17) is 0 Å². The zero-order valence-electron chi connectivity index (χ0n) is 15.0. The molecule has 2 fully saturated rings. The van der Waals surface area contributed by atoms with Gasteiger partial charge in [0.15, 0.2) is 11.6 Å². The van der Waals surface area contributed by atoms with E-state index < -0.39 is 28.4 Å². The van der Waals surface area contributed by atoms with Crippen LogP contribution in [-0.4, -0.2) is 74.1 Å². The fraction of sp³-hybridized carbons (Fsp3) is 0.750. The Labute approximate surface area is 157 Å². The maximum atomic E-state index is 12.3. The molecule has 27 heavy (non-hydrogen) atoms. The van der Waals surface area contributed by atoms with Gasteiger partial charge in [-0.15, -0.1) is 10.2 Å². The Kier molecular flexibility index (Phi) is 6.09. The van der Waals surface area contributed by atoms with Crippen molar-refractivity contribution in [3.63, 3.8) is 0 Å². The van der Waals surface area contributed by atoms with Gasteiger partial charge in [-0.25, -0.2) is 8.42 Å². The smallest absolute Gasteiger partial charge is 0.355 e. The third-order valence-corrected chi connectivity index (χ3v) is 6.79. The van der Waals surface area contributed by atoms with Crippen molar-refractivity contribution in [2.24, 2.45) is 0 Å². The van der Waals surface area contributed by atoms with Crippen LogP contribution in [0.25, 0.3) is 0 Å². The van der Waals surface area contributed by atoms with Crippen LogP contribution in [0.5, 0.6) is 0 Å². The van der Waals surface area contributed by atoms with Gasteiger partial charge < -0.3 is 9.80 Å². The van der Waals surface area contributed by atoms with Crippen LogP contribution in [-0.2, 0) is 10.0 Å². The molecule has 0 atom stereocenters. The summed E-state index contributed by atoms with van der Waals surface area (Å²) in [7, 11) is -3.90. The van der Waals surface area contributed by atoms with Gasteiger partial charge in [0.05, 0.1) is 12.2 Å². The lowest BCUT2D eigenvalue weighted by Crippen LogP contribution is -2.49. The minimum absolute atomic E-state index is 0.149. The minimum Gasteiger partial charge on any atom is -0.355 e. The van der Waals surface area contributed by atoms with Gasteiger partial charge in [0.1, 0.15) is 0 Å². The first kappa shape index (κ1) is 20.1. The average molecular weight is 407 g/mol. The zero-order valence-corrected chi connectivity index (χ0v) is 15.8. The monoisotopic (exact) mass is 407 g/mol. The number of hydrogen-bond acceptors (Lipinski definition) is 6. The van der Waals surface area contributed by atoms with Gasteiger partial charge in [0.25, 0.3) is 0 Å². The van der Waals surface area contributed by atoms with Gasteiger partial charge in [0.2, 0.25) is 10.0 Å². The predicted octanol–water partition coefficient (Wildman–Crippen LogP) is 1.87. The Balaban J connectivity index is 1.54. The molecule has 0 aromatic carbocycles. The molecule has 0 bridgehead atoms. The van der Waals surface area contributed by atoms with E-state index in [-0.39, 0.29) is 13.1 Å². The van der Waals surface area contributed by atoms with E-state index in [0.717, 1.165) is 36.1 Å². The maximum absolute atomic E-state index is 12.3. The molecule has 3 heterocycles. The molecule has 0 amide bonds. The average Bonchev–Trinajstić information content (AvgIpc) is 2.67. The van der Waals surface area contributed by atoms with Crippen molar-refractivity contribution in [2.45, 2.75) is 31.9 Å². The second-order valence-electron chi connectivity index (χ2n) is 6.86. The summed E-state index contributed by atoms with van der Waals surface area (Å²) in [4.78, 5) is 4.11. The highest BCUT2D eigenvalue weighted by atomic mass is 32.2. The van der Waals surface area contributed by atoms with E-state index in [1.807, 2.05) is 17.0 Å². The largest absolute Gasteiger partial charge is 0.390 e. The quantitative estimate of drug-likeness (QED) is 0.742. The summed E-state index contributed by atoms with van der Waals surface area (Å²) >= 11 is 0. The highest BCUT2D eigenvalue weighted by Gasteiger charge is 2.33. The first-order valence-electron chi connectivity index (χ1n) is 9.13. The van der Waals surface area contributed by atoms with Crippen molar-refractivity contribution in [3.05, 3.63) is 12.1 Å². The van der Waals surface area contributed by atoms with Crippen LogP contribution in [0.2, 0.25) is 0 Å². The first-order chi connectivity index (χ1) is 12.7. The third kappa shape index (κ3) is 5.44.